The maximum atomic E-state index is 4.25. The Morgan fingerprint density at radius 2 is 2.22 bits per heavy atom. The summed E-state index contributed by atoms with van der Waals surface area (Å²) in [5, 5.41) is 14.6. The minimum atomic E-state index is 0.560. The molecule has 0 atom stereocenters. The molecular weight excluding hydrogens is 228 g/mol. The summed E-state index contributed by atoms with van der Waals surface area (Å²) in [5.74, 6) is 1.76. The van der Waals surface area contributed by atoms with Crippen LogP contribution in [0.5, 0.6) is 0 Å². The van der Waals surface area contributed by atoms with Crippen molar-refractivity contribution in [3.8, 4) is 0 Å². The predicted octanol–water partition coefficient (Wildman–Crippen LogP) is 0.813. The Kier molecular flexibility index (Phi) is 4.55. The highest BCUT2D eigenvalue weighted by Gasteiger charge is 2.14. The van der Waals surface area contributed by atoms with Crippen LogP contribution in [0, 0.1) is 0 Å². The van der Waals surface area contributed by atoms with Gasteiger partial charge in [0, 0.05) is 20.1 Å². The number of aliphatic imine (C=N–C) groups is 1. The van der Waals surface area contributed by atoms with Gasteiger partial charge in [0.2, 0.25) is 0 Å². The average molecular weight is 250 g/mol. The molecule has 6 nitrogen and oxygen atoms in total. The molecule has 0 spiro atoms. The van der Waals surface area contributed by atoms with Gasteiger partial charge in [0.05, 0.1) is 6.54 Å². The molecule has 0 aromatic carbocycles. The molecule has 2 rings (SSSR count). The van der Waals surface area contributed by atoms with Crippen molar-refractivity contribution in [2.45, 2.75) is 44.7 Å². The first-order chi connectivity index (χ1) is 8.79. The molecule has 100 valence electrons. The second-order valence-corrected chi connectivity index (χ2v) is 4.76. The zero-order valence-electron chi connectivity index (χ0n) is 11.2. The summed E-state index contributed by atoms with van der Waals surface area (Å²) in [5.41, 5.74) is 0. The molecule has 0 amide bonds. The smallest absolute Gasteiger partial charge is 0.191 e. The Morgan fingerprint density at radius 1 is 1.44 bits per heavy atom. The number of nitrogens with one attached hydrogen (secondary N) is 2. The molecule has 0 radical (unpaired) electrons. The van der Waals surface area contributed by atoms with Crippen molar-refractivity contribution >= 4 is 5.96 Å². The summed E-state index contributed by atoms with van der Waals surface area (Å²) < 4.78 is 1.90. The average Bonchev–Trinajstić information content (AvgIpc) is 2.81. The van der Waals surface area contributed by atoms with Gasteiger partial charge < -0.3 is 15.2 Å². The maximum absolute atomic E-state index is 4.25. The van der Waals surface area contributed by atoms with E-state index < -0.39 is 0 Å². The number of rotatable bonds is 3. The van der Waals surface area contributed by atoms with E-state index in [1.54, 1.807) is 13.4 Å². The third-order valence-electron chi connectivity index (χ3n) is 3.39. The van der Waals surface area contributed by atoms with Crippen LogP contribution in [0.4, 0.5) is 0 Å². The van der Waals surface area contributed by atoms with E-state index in [1.807, 2.05) is 11.6 Å². The highest BCUT2D eigenvalue weighted by molar-refractivity contribution is 5.79. The van der Waals surface area contributed by atoms with Crippen LogP contribution < -0.4 is 10.6 Å². The lowest BCUT2D eigenvalue weighted by Gasteiger charge is -2.24. The Balaban J connectivity index is 1.80. The number of nitrogens with zero attached hydrogens (tertiary/aromatic N) is 4. The summed E-state index contributed by atoms with van der Waals surface area (Å²) in [6.45, 7) is 0.642. The SMILES string of the molecule is CN=C(NCc1nncn1C)NC1CCCCC1. The van der Waals surface area contributed by atoms with Gasteiger partial charge in [0.1, 0.15) is 6.33 Å². The van der Waals surface area contributed by atoms with Crippen LogP contribution in [0.15, 0.2) is 11.3 Å². The molecule has 0 bridgehead atoms. The molecule has 1 fully saturated rings. The van der Waals surface area contributed by atoms with Gasteiger partial charge in [-0.2, -0.15) is 0 Å². The van der Waals surface area contributed by atoms with E-state index >= 15 is 0 Å². The second kappa shape index (κ2) is 6.37. The normalized spacial score (nSPS) is 17.8. The fourth-order valence-corrected chi connectivity index (χ4v) is 2.26. The number of aromatic nitrogens is 3. The molecule has 1 aliphatic carbocycles. The van der Waals surface area contributed by atoms with Crippen LogP contribution in [0.25, 0.3) is 0 Å². The van der Waals surface area contributed by atoms with Crippen LogP contribution in [-0.4, -0.2) is 33.8 Å². The predicted molar refractivity (Wildman–Crippen MR) is 71.2 cm³/mol. The van der Waals surface area contributed by atoms with E-state index in [9.17, 15) is 0 Å². The van der Waals surface area contributed by atoms with Gasteiger partial charge in [-0.3, -0.25) is 4.99 Å². The minimum Gasteiger partial charge on any atom is -0.354 e. The summed E-state index contributed by atoms with van der Waals surface area (Å²) >= 11 is 0. The Labute approximate surface area is 108 Å². The van der Waals surface area contributed by atoms with Gasteiger partial charge in [-0.1, -0.05) is 19.3 Å². The third-order valence-corrected chi connectivity index (χ3v) is 3.39. The van der Waals surface area contributed by atoms with E-state index in [4.69, 9.17) is 0 Å². The molecule has 2 N–H and O–H groups in total. The number of hydrogen-bond acceptors (Lipinski definition) is 3. The summed E-state index contributed by atoms with van der Waals surface area (Å²) in [7, 11) is 3.74. The summed E-state index contributed by atoms with van der Waals surface area (Å²) in [6, 6.07) is 0.560. The van der Waals surface area contributed by atoms with Crippen molar-refractivity contribution in [3.63, 3.8) is 0 Å². The van der Waals surface area contributed by atoms with Gasteiger partial charge in [0.25, 0.3) is 0 Å². The van der Waals surface area contributed by atoms with Crippen molar-refractivity contribution in [2.75, 3.05) is 7.05 Å². The molecule has 0 saturated heterocycles. The highest BCUT2D eigenvalue weighted by Crippen LogP contribution is 2.17. The monoisotopic (exact) mass is 250 g/mol. The number of hydrogen-bond donors (Lipinski definition) is 2. The molecule has 0 aliphatic heterocycles. The Hall–Kier alpha value is -1.59. The number of guanidine groups is 1. The zero-order chi connectivity index (χ0) is 12.8. The van der Waals surface area contributed by atoms with Crippen molar-refractivity contribution in [1.29, 1.82) is 0 Å². The molecule has 18 heavy (non-hydrogen) atoms. The third kappa shape index (κ3) is 3.45. The van der Waals surface area contributed by atoms with Gasteiger partial charge in [-0.05, 0) is 12.8 Å². The second-order valence-electron chi connectivity index (χ2n) is 4.76. The van der Waals surface area contributed by atoms with Crippen molar-refractivity contribution in [3.05, 3.63) is 12.2 Å². The molecule has 0 unspecified atom stereocenters. The van der Waals surface area contributed by atoms with Crippen LogP contribution in [0.3, 0.4) is 0 Å². The maximum Gasteiger partial charge on any atom is 0.191 e. The molecule has 6 heteroatoms. The molecule has 1 heterocycles. The van der Waals surface area contributed by atoms with Crippen LogP contribution in [0.2, 0.25) is 0 Å². The first-order valence-corrected chi connectivity index (χ1v) is 6.59. The van der Waals surface area contributed by atoms with Crippen LogP contribution in [0.1, 0.15) is 37.9 Å². The van der Waals surface area contributed by atoms with Crippen molar-refractivity contribution in [1.82, 2.24) is 25.4 Å². The van der Waals surface area contributed by atoms with Crippen LogP contribution in [-0.2, 0) is 13.6 Å². The fourth-order valence-electron chi connectivity index (χ4n) is 2.26. The van der Waals surface area contributed by atoms with E-state index in [0.717, 1.165) is 11.8 Å². The fraction of sp³-hybridized carbons (Fsp3) is 0.750. The van der Waals surface area contributed by atoms with Crippen LogP contribution >= 0.6 is 0 Å². The van der Waals surface area contributed by atoms with E-state index in [0.29, 0.717) is 12.6 Å². The molecular formula is C12H22N6. The van der Waals surface area contributed by atoms with Crippen molar-refractivity contribution < 1.29 is 0 Å². The minimum absolute atomic E-state index is 0.560. The summed E-state index contributed by atoms with van der Waals surface area (Å²) in [4.78, 5) is 4.25. The first kappa shape index (κ1) is 12.9. The van der Waals surface area contributed by atoms with Crippen molar-refractivity contribution in [2.24, 2.45) is 12.0 Å². The molecule has 1 aromatic rings. The zero-order valence-corrected chi connectivity index (χ0v) is 11.2. The standard InChI is InChI=1S/C12H22N6/c1-13-12(16-10-6-4-3-5-7-10)14-8-11-17-15-9-18(11)2/h9-10H,3-8H2,1-2H3,(H2,13,14,16). The van der Waals surface area contributed by atoms with E-state index in [1.165, 1.54) is 32.1 Å². The lowest BCUT2D eigenvalue weighted by atomic mass is 9.96. The van der Waals surface area contributed by atoms with E-state index in [-0.39, 0.29) is 0 Å². The van der Waals surface area contributed by atoms with Gasteiger partial charge in [-0.25, -0.2) is 0 Å². The first-order valence-electron chi connectivity index (χ1n) is 6.59. The van der Waals surface area contributed by atoms with Gasteiger partial charge in [0.15, 0.2) is 11.8 Å². The lowest BCUT2D eigenvalue weighted by molar-refractivity contribution is 0.410. The summed E-state index contributed by atoms with van der Waals surface area (Å²) in [6.07, 6.45) is 8.18. The van der Waals surface area contributed by atoms with Gasteiger partial charge >= 0.3 is 0 Å². The molecule has 1 saturated carbocycles. The highest BCUT2D eigenvalue weighted by atomic mass is 15.3. The molecule has 1 aliphatic rings. The largest absolute Gasteiger partial charge is 0.354 e. The molecule has 1 aromatic heterocycles. The Bertz CT molecular complexity index is 391. The topological polar surface area (TPSA) is 67.1 Å². The quantitative estimate of drug-likeness (QED) is 0.615. The number of aryl methyl sites for hydroxylation is 1. The van der Waals surface area contributed by atoms with E-state index in [2.05, 4.69) is 25.8 Å². The Morgan fingerprint density at radius 3 is 2.83 bits per heavy atom. The van der Waals surface area contributed by atoms with Gasteiger partial charge in [-0.15, -0.1) is 10.2 Å². The lowest BCUT2D eigenvalue weighted by Crippen LogP contribution is -2.44.